The van der Waals surface area contributed by atoms with Crippen molar-refractivity contribution in [3.63, 3.8) is 0 Å². The Hall–Kier alpha value is -2.66. The van der Waals surface area contributed by atoms with E-state index in [0.29, 0.717) is 26.4 Å². The minimum absolute atomic E-state index is 0.0471. The van der Waals surface area contributed by atoms with E-state index in [0.717, 1.165) is 37.0 Å². The Morgan fingerprint density at radius 2 is 1.70 bits per heavy atom. The van der Waals surface area contributed by atoms with Crippen LogP contribution in [0.2, 0.25) is 0 Å². The quantitative estimate of drug-likeness (QED) is 0.559. The van der Waals surface area contributed by atoms with Gasteiger partial charge in [-0.2, -0.15) is 0 Å². The van der Waals surface area contributed by atoms with Gasteiger partial charge in [-0.3, -0.25) is 9.59 Å². The number of nitrogens with one attached hydrogen (secondary N) is 1. The molecule has 1 aliphatic heterocycles. The molecule has 0 atom stereocenters. The fourth-order valence-electron chi connectivity index (χ4n) is 5.04. The second kappa shape index (κ2) is 11.0. The molecule has 1 N–H and O–H groups in total. The average Bonchev–Trinajstić information content (AvgIpc) is 2.87. The van der Waals surface area contributed by atoms with Crippen LogP contribution in [0.1, 0.15) is 72.5 Å². The molecule has 0 unspecified atom stereocenters. The summed E-state index contributed by atoms with van der Waals surface area (Å²) in [4.78, 5) is 25.4. The van der Waals surface area contributed by atoms with Gasteiger partial charge in [0, 0.05) is 43.6 Å². The van der Waals surface area contributed by atoms with E-state index < -0.39 is 0 Å². The molecule has 1 amide bonds. The Morgan fingerprint density at radius 3 is 2.42 bits per heavy atom. The lowest BCUT2D eigenvalue weighted by Crippen LogP contribution is -2.44. The fourth-order valence-corrected chi connectivity index (χ4v) is 5.04. The molecule has 1 fully saturated rings. The number of amides is 1. The third-order valence-electron chi connectivity index (χ3n) is 7.10. The normalized spacial score (nSPS) is 17.1. The monoisotopic (exact) mass is 449 g/mol. The molecule has 1 saturated heterocycles. The van der Waals surface area contributed by atoms with Crippen LogP contribution in [0.3, 0.4) is 0 Å². The number of aryl methyl sites for hydroxylation is 2. The molecule has 33 heavy (non-hydrogen) atoms. The predicted molar refractivity (Wildman–Crippen MR) is 129 cm³/mol. The largest absolute Gasteiger partial charge is 0.494 e. The highest BCUT2D eigenvalue weighted by Gasteiger charge is 2.35. The number of benzene rings is 2. The minimum atomic E-state index is -0.152. The molecule has 0 saturated carbocycles. The lowest BCUT2D eigenvalue weighted by molar-refractivity contribution is -0.121. The van der Waals surface area contributed by atoms with Crippen LogP contribution in [0.5, 0.6) is 5.75 Å². The standard InChI is InChI=1S/C28H35NO4/c1-2-33-25-11-9-24(10-12-25)28(15-17-32-18-16-28)20-29-27(31)14-13-26(30)23-8-7-21-5-3-4-6-22(21)19-23/h7-12,19H,2-6,13-18,20H2,1H3,(H,29,31). The number of carbonyl (C=O) groups is 2. The van der Waals surface area contributed by atoms with Crippen molar-refractivity contribution < 1.29 is 19.1 Å². The van der Waals surface area contributed by atoms with E-state index in [9.17, 15) is 9.59 Å². The van der Waals surface area contributed by atoms with E-state index in [2.05, 4.69) is 23.5 Å². The van der Waals surface area contributed by atoms with Gasteiger partial charge in [0.2, 0.25) is 5.91 Å². The number of carbonyl (C=O) groups excluding carboxylic acids is 2. The molecule has 5 nitrogen and oxygen atoms in total. The van der Waals surface area contributed by atoms with Gasteiger partial charge in [0.1, 0.15) is 5.75 Å². The predicted octanol–water partition coefficient (Wildman–Crippen LogP) is 4.79. The van der Waals surface area contributed by atoms with Crippen molar-refractivity contribution in [2.24, 2.45) is 0 Å². The molecular formula is C28H35NO4. The molecular weight excluding hydrogens is 414 g/mol. The number of rotatable bonds is 9. The Kier molecular flexibility index (Phi) is 7.81. The number of hydrogen-bond acceptors (Lipinski definition) is 4. The van der Waals surface area contributed by atoms with Crippen LogP contribution in [-0.4, -0.2) is 38.1 Å². The molecule has 5 heteroatoms. The van der Waals surface area contributed by atoms with Gasteiger partial charge in [-0.25, -0.2) is 0 Å². The summed E-state index contributed by atoms with van der Waals surface area (Å²) in [5.41, 5.74) is 4.44. The maximum Gasteiger partial charge on any atom is 0.220 e. The van der Waals surface area contributed by atoms with E-state index in [-0.39, 0.29) is 29.9 Å². The van der Waals surface area contributed by atoms with E-state index in [1.807, 2.05) is 31.2 Å². The number of hydrogen-bond donors (Lipinski definition) is 1. The van der Waals surface area contributed by atoms with Crippen LogP contribution < -0.4 is 10.1 Å². The molecule has 176 valence electrons. The third-order valence-corrected chi connectivity index (χ3v) is 7.10. The Morgan fingerprint density at radius 1 is 0.970 bits per heavy atom. The van der Waals surface area contributed by atoms with Gasteiger partial charge in [0.05, 0.1) is 6.61 Å². The van der Waals surface area contributed by atoms with Gasteiger partial charge in [0.15, 0.2) is 5.78 Å². The molecule has 0 spiro atoms. The number of ketones is 1. The van der Waals surface area contributed by atoms with Crippen LogP contribution >= 0.6 is 0 Å². The molecule has 0 radical (unpaired) electrons. The number of Topliss-reactive ketones (excluding diaryl/α,β-unsaturated/α-hetero) is 1. The van der Waals surface area contributed by atoms with Gasteiger partial charge in [-0.1, -0.05) is 24.3 Å². The van der Waals surface area contributed by atoms with Crippen molar-refractivity contribution in [1.29, 1.82) is 0 Å². The van der Waals surface area contributed by atoms with Crippen molar-refractivity contribution in [3.8, 4) is 5.75 Å². The summed E-state index contributed by atoms with van der Waals surface area (Å²) >= 11 is 0. The topological polar surface area (TPSA) is 64.6 Å². The molecule has 1 heterocycles. The average molecular weight is 450 g/mol. The number of fused-ring (bicyclic) bond motifs is 1. The van der Waals surface area contributed by atoms with E-state index in [1.54, 1.807) is 0 Å². The summed E-state index contributed by atoms with van der Waals surface area (Å²) in [6, 6.07) is 14.2. The minimum Gasteiger partial charge on any atom is -0.494 e. The van der Waals surface area contributed by atoms with Gasteiger partial charge < -0.3 is 14.8 Å². The van der Waals surface area contributed by atoms with Gasteiger partial charge in [-0.05, 0) is 80.3 Å². The fraction of sp³-hybridized carbons (Fsp3) is 0.500. The Bertz CT molecular complexity index is 960. The smallest absolute Gasteiger partial charge is 0.220 e. The first kappa shape index (κ1) is 23.5. The zero-order chi connectivity index (χ0) is 23.1. The van der Waals surface area contributed by atoms with Crippen LogP contribution in [0.15, 0.2) is 42.5 Å². The first-order valence-corrected chi connectivity index (χ1v) is 12.3. The summed E-state index contributed by atoms with van der Waals surface area (Å²) in [6.07, 6.45) is 6.74. The number of ether oxygens (including phenoxy) is 2. The SMILES string of the molecule is CCOc1ccc(C2(CNC(=O)CCC(=O)c3ccc4c(c3)CCCC4)CCOCC2)cc1. The maximum absolute atomic E-state index is 12.7. The molecule has 2 aromatic carbocycles. The van der Waals surface area contributed by atoms with Crippen LogP contribution in [-0.2, 0) is 27.8 Å². The molecule has 2 aliphatic rings. The highest BCUT2D eigenvalue weighted by Crippen LogP contribution is 2.35. The van der Waals surface area contributed by atoms with E-state index >= 15 is 0 Å². The summed E-state index contributed by atoms with van der Waals surface area (Å²) in [5.74, 6) is 0.831. The third kappa shape index (κ3) is 5.83. The summed E-state index contributed by atoms with van der Waals surface area (Å²) in [7, 11) is 0. The van der Waals surface area contributed by atoms with E-state index in [1.165, 1.54) is 29.5 Å². The highest BCUT2D eigenvalue weighted by molar-refractivity contribution is 5.98. The first-order chi connectivity index (χ1) is 16.1. The Balaban J connectivity index is 1.33. The second-order valence-electron chi connectivity index (χ2n) is 9.24. The van der Waals surface area contributed by atoms with Crippen molar-refractivity contribution in [2.75, 3.05) is 26.4 Å². The highest BCUT2D eigenvalue weighted by atomic mass is 16.5. The Labute approximate surface area is 196 Å². The van der Waals surface area contributed by atoms with E-state index in [4.69, 9.17) is 9.47 Å². The van der Waals surface area contributed by atoms with Crippen LogP contribution in [0.4, 0.5) is 0 Å². The lowest BCUT2D eigenvalue weighted by Gasteiger charge is -2.38. The molecule has 1 aliphatic carbocycles. The molecule has 2 aromatic rings. The molecule has 0 bridgehead atoms. The zero-order valence-electron chi connectivity index (χ0n) is 19.7. The van der Waals surface area contributed by atoms with Crippen molar-refractivity contribution >= 4 is 11.7 Å². The summed E-state index contributed by atoms with van der Waals surface area (Å²) < 4.78 is 11.2. The summed E-state index contributed by atoms with van der Waals surface area (Å²) in [6.45, 7) is 4.52. The van der Waals surface area contributed by atoms with Crippen molar-refractivity contribution in [1.82, 2.24) is 5.32 Å². The molecule has 4 rings (SSSR count). The van der Waals surface area contributed by atoms with Crippen LogP contribution in [0, 0.1) is 0 Å². The lowest BCUT2D eigenvalue weighted by atomic mass is 9.74. The van der Waals surface area contributed by atoms with Gasteiger partial charge >= 0.3 is 0 Å². The molecule has 0 aromatic heterocycles. The van der Waals surface area contributed by atoms with Gasteiger partial charge in [0.25, 0.3) is 0 Å². The maximum atomic E-state index is 12.7. The van der Waals surface area contributed by atoms with Crippen molar-refractivity contribution in [2.45, 2.75) is 63.7 Å². The summed E-state index contributed by atoms with van der Waals surface area (Å²) in [5, 5.41) is 3.11. The van der Waals surface area contributed by atoms with Gasteiger partial charge in [-0.15, -0.1) is 0 Å². The first-order valence-electron chi connectivity index (χ1n) is 12.3. The zero-order valence-corrected chi connectivity index (χ0v) is 19.7. The second-order valence-corrected chi connectivity index (χ2v) is 9.24. The van der Waals surface area contributed by atoms with Crippen LogP contribution in [0.25, 0.3) is 0 Å². The van der Waals surface area contributed by atoms with Crippen molar-refractivity contribution in [3.05, 3.63) is 64.7 Å².